The molecule has 1 aliphatic rings. The van der Waals surface area contributed by atoms with Gasteiger partial charge in [0.15, 0.2) is 5.13 Å². The van der Waals surface area contributed by atoms with Gasteiger partial charge in [0.1, 0.15) is 10.7 Å². The average molecular weight is 311 g/mol. The normalized spacial score (nSPS) is 19.8. The van der Waals surface area contributed by atoms with Gasteiger partial charge in [0.25, 0.3) is 5.91 Å². The Balaban J connectivity index is 2.15. The van der Waals surface area contributed by atoms with E-state index >= 15 is 0 Å². The molecule has 118 valence electrons. The van der Waals surface area contributed by atoms with E-state index in [2.05, 4.69) is 23.9 Å². The Morgan fingerprint density at radius 1 is 1.48 bits per heavy atom. The number of rotatable bonds is 4. The highest BCUT2D eigenvalue weighted by Gasteiger charge is 2.29. The number of aromatic nitrogens is 1. The van der Waals surface area contributed by atoms with Gasteiger partial charge in [0.2, 0.25) is 0 Å². The van der Waals surface area contributed by atoms with Crippen molar-refractivity contribution < 1.29 is 4.79 Å². The van der Waals surface area contributed by atoms with E-state index in [4.69, 9.17) is 5.73 Å². The van der Waals surface area contributed by atoms with Gasteiger partial charge in [-0.2, -0.15) is 0 Å². The number of hydrogen-bond acceptors (Lipinski definition) is 6. The lowest BCUT2D eigenvalue weighted by molar-refractivity contribution is 0.0547. The minimum atomic E-state index is 0.0207. The summed E-state index contributed by atoms with van der Waals surface area (Å²) in [5, 5.41) is 0.805. The molecule has 1 unspecified atom stereocenters. The molecule has 0 aromatic carbocycles. The zero-order chi connectivity index (χ0) is 15.6. The molecule has 1 fully saturated rings. The first-order valence-corrected chi connectivity index (χ1v) is 8.26. The monoisotopic (exact) mass is 311 g/mol. The SMILES string of the molecule is CCC1CN(C(=O)c2sc(N(C)CC)nc2N)CCN1C. The summed E-state index contributed by atoms with van der Waals surface area (Å²) in [5.41, 5.74) is 5.95. The van der Waals surface area contributed by atoms with Crippen LogP contribution >= 0.6 is 11.3 Å². The third-order valence-electron chi connectivity index (χ3n) is 4.17. The number of piperazine rings is 1. The number of carbonyl (C=O) groups excluding carboxylic acids is 1. The van der Waals surface area contributed by atoms with Crippen LogP contribution < -0.4 is 10.6 Å². The van der Waals surface area contributed by atoms with Gasteiger partial charge in [-0.25, -0.2) is 4.98 Å². The molecule has 0 radical (unpaired) electrons. The molecule has 1 aliphatic heterocycles. The number of nitrogen functional groups attached to an aromatic ring is 1. The van der Waals surface area contributed by atoms with Crippen molar-refractivity contribution >= 4 is 28.2 Å². The second kappa shape index (κ2) is 6.62. The Labute approximate surface area is 130 Å². The number of nitrogens with zero attached hydrogens (tertiary/aromatic N) is 4. The summed E-state index contributed by atoms with van der Waals surface area (Å²) in [4.78, 5) is 23.8. The first-order valence-electron chi connectivity index (χ1n) is 7.44. The lowest BCUT2D eigenvalue weighted by atomic mass is 10.1. The lowest BCUT2D eigenvalue weighted by Gasteiger charge is -2.38. The van der Waals surface area contributed by atoms with E-state index in [1.807, 2.05) is 23.8 Å². The van der Waals surface area contributed by atoms with Crippen LogP contribution in [0.5, 0.6) is 0 Å². The van der Waals surface area contributed by atoms with E-state index in [-0.39, 0.29) is 5.91 Å². The molecular formula is C14H25N5OS. The molecule has 1 aromatic rings. The van der Waals surface area contributed by atoms with Crippen molar-refractivity contribution in [3.8, 4) is 0 Å². The summed E-state index contributed by atoms with van der Waals surface area (Å²) in [6, 6.07) is 0.426. The Hall–Kier alpha value is -1.34. The predicted molar refractivity (Wildman–Crippen MR) is 88.1 cm³/mol. The lowest BCUT2D eigenvalue weighted by Crippen LogP contribution is -2.52. The van der Waals surface area contributed by atoms with Crippen molar-refractivity contribution in [2.75, 3.05) is 50.9 Å². The summed E-state index contributed by atoms with van der Waals surface area (Å²) in [5.74, 6) is 0.375. The summed E-state index contributed by atoms with van der Waals surface area (Å²) in [7, 11) is 4.07. The van der Waals surface area contributed by atoms with Gasteiger partial charge in [0.05, 0.1) is 0 Å². The molecule has 7 heteroatoms. The van der Waals surface area contributed by atoms with Crippen molar-refractivity contribution in [1.82, 2.24) is 14.8 Å². The smallest absolute Gasteiger partial charge is 0.267 e. The molecule has 0 saturated carbocycles. The molecule has 2 heterocycles. The fraction of sp³-hybridized carbons (Fsp3) is 0.714. The van der Waals surface area contributed by atoms with Gasteiger partial charge in [0, 0.05) is 39.3 Å². The molecule has 1 atom stereocenters. The number of hydrogen-bond donors (Lipinski definition) is 1. The number of anilines is 2. The number of thiazole rings is 1. The minimum Gasteiger partial charge on any atom is -0.382 e. The van der Waals surface area contributed by atoms with Crippen molar-refractivity contribution in [3.63, 3.8) is 0 Å². The molecule has 1 aromatic heterocycles. The first kappa shape index (κ1) is 16.0. The quantitative estimate of drug-likeness (QED) is 0.909. The second-order valence-corrected chi connectivity index (χ2v) is 6.50. The predicted octanol–water partition coefficient (Wildman–Crippen LogP) is 1.35. The highest BCUT2D eigenvalue weighted by molar-refractivity contribution is 7.18. The van der Waals surface area contributed by atoms with E-state index < -0.39 is 0 Å². The highest BCUT2D eigenvalue weighted by atomic mass is 32.1. The summed E-state index contributed by atoms with van der Waals surface area (Å²) >= 11 is 1.39. The Bertz CT molecular complexity index is 504. The van der Waals surface area contributed by atoms with Gasteiger partial charge >= 0.3 is 0 Å². The Kier molecular flexibility index (Phi) is 5.05. The summed E-state index contributed by atoms with van der Waals surface area (Å²) < 4.78 is 0. The van der Waals surface area contributed by atoms with Crippen LogP contribution in [0.15, 0.2) is 0 Å². The van der Waals surface area contributed by atoms with Crippen LogP contribution in [0, 0.1) is 0 Å². The molecule has 0 bridgehead atoms. The molecule has 0 spiro atoms. The van der Waals surface area contributed by atoms with Crippen LogP contribution in [-0.4, -0.2) is 67.0 Å². The maximum absolute atomic E-state index is 12.7. The molecule has 2 rings (SSSR count). The van der Waals surface area contributed by atoms with E-state index in [9.17, 15) is 4.79 Å². The van der Waals surface area contributed by atoms with Crippen molar-refractivity contribution in [1.29, 1.82) is 0 Å². The highest BCUT2D eigenvalue weighted by Crippen LogP contribution is 2.29. The molecule has 2 N–H and O–H groups in total. The standard InChI is InChI=1S/C14H25N5OS/c1-5-10-9-19(8-7-18(10)4)13(20)11-12(15)16-14(21-11)17(3)6-2/h10H,5-9,15H2,1-4H3. The maximum Gasteiger partial charge on any atom is 0.267 e. The average Bonchev–Trinajstić information content (AvgIpc) is 2.88. The summed E-state index contributed by atoms with van der Waals surface area (Å²) in [6.07, 6.45) is 1.04. The zero-order valence-corrected chi connectivity index (χ0v) is 14.1. The third-order valence-corrected chi connectivity index (χ3v) is 5.35. The Morgan fingerprint density at radius 2 is 2.19 bits per heavy atom. The number of amides is 1. The molecule has 1 amide bonds. The first-order chi connectivity index (χ1) is 9.97. The van der Waals surface area contributed by atoms with E-state index in [0.717, 1.165) is 37.7 Å². The third kappa shape index (κ3) is 3.29. The van der Waals surface area contributed by atoms with E-state index in [1.54, 1.807) is 0 Å². The van der Waals surface area contributed by atoms with Crippen LogP contribution in [0.3, 0.4) is 0 Å². The topological polar surface area (TPSA) is 65.7 Å². The number of carbonyl (C=O) groups is 1. The summed E-state index contributed by atoms with van der Waals surface area (Å²) in [6.45, 7) is 7.47. The van der Waals surface area contributed by atoms with Crippen molar-refractivity contribution in [2.24, 2.45) is 0 Å². The zero-order valence-electron chi connectivity index (χ0n) is 13.3. The maximum atomic E-state index is 12.7. The number of likely N-dealkylation sites (N-methyl/N-ethyl adjacent to an activating group) is 1. The van der Waals surface area contributed by atoms with Crippen molar-refractivity contribution in [2.45, 2.75) is 26.3 Å². The van der Waals surface area contributed by atoms with Crippen LogP contribution in [0.1, 0.15) is 29.9 Å². The van der Waals surface area contributed by atoms with E-state index in [0.29, 0.717) is 16.7 Å². The van der Waals surface area contributed by atoms with Gasteiger partial charge in [-0.05, 0) is 20.4 Å². The fourth-order valence-electron chi connectivity index (χ4n) is 2.49. The van der Waals surface area contributed by atoms with Crippen LogP contribution in [-0.2, 0) is 0 Å². The second-order valence-electron chi connectivity index (χ2n) is 5.52. The van der Waals surface area contributed by atoms with Gasteiger partial charge < -0.3 is 15.5 Å². The largest absolute Gasteiger partial charge is 0.382 e. The van der Waals surface area contributed by atoms with Gasteiger partial charge in [-0.3, -0.25) is 9.69 Å². The molecule has 6 nitrogen and oxygen atoms in total. The molecule has 21 heavy (non-hydrogen) atoms. The van der Waals surface area contributed by atoms with Crippen LogP contribution in [0.2, 0.25) is 0 Å². The van der Waals surface area contributed by atoms with Crippen molar-refractivity contribution in [3.05, 3.63) is 4.88 Å². The molecule has 1 saturated heterocycles. The fourth-order valence-corrected chi connectivity index (χ4v) is 3.47. The van der Waals surface area contributed by atoms with Gasteiger partial charge in [-0.1, -0.05) is 18.3 Å². The van der Waals surface area contributed by atoms with Gasteiger partial charge in [-0.15, -0.1) is 0 Å². The van der Waals surface area contributed by atoms with Crippen LogP contribution in [0.4, 0.5) is 10.9 Å². The van der Waals surface area contributed by atoms with Crippen LogP contribution in [0.25, 0.3) is 0 Å². The Morgan fingerprint density at radius 3 is 2.81 bits per heavy atom. The number of nitrogens with two attached hydrogens (primary N) is 1. The van der Waals surface area contributed by atoms with E-state index in [1.165, 1.54) is 11.3 Å². The minimum absolute atomic E-state index is 0.0207. The molecular weight excluding hydrogens is 286 g/mol. The molecule has 0 aliphatic carbocycles.